The van der Waals surface area contributed by atoms with Crippen molar-refractivity contribution in [3.05, 3.63) is 64.8 Å². The highest BCUT2D eigenvalue weighted by molar-refractivity contribution is 6.30. The van der Waals surface area contributed by atoms with Gasteiger partial charge in [-0.25, -0.2) is 4.68 Å². The minimum atomic E-state index is 0.285. The summed E-state index contributed by atoms with van der Waals surface area (Å²) >= 11 is 6.08. The maximum Gasteiger partial charge on any atom is 0.191 e. The first-order valence-electron chi connectivity index (χ1n) is 6.94. The van der Waals surface area contributed by atoms with Gasteiger partial charge in [-0.2, -0.15) is 5.26 Å². The predicted octanol–water partition coefficient (Wildman–Crippen LogP) is 4.02. The molecule has 22 heavy (non-hydrogen) atoms. The number of aromatic nitrogens is 3. The number of hydrogen-bond donors (Lipinski definition) is 0. The Hall–Kier alpha value is -2.64. The average Bonchev–Trinajstić information content (AvgIpc) is 2.98. The van der Waals surface area contributed by atoms with Gasteiger partial charge in [0.25, 0.3) is 0 Å². The van der Waals surface area contributed by atoms with Gasteiger partial charge >= 0.3 is 0 Å². The first-order valence-corrected chi connectivity index (χ1v) is 7.32. The summed E-state index contributed by atoms with van der Waals surface area (Å²) in [5.74, 6) is 0. The molecule has 0 fully saturated rings. The van der Waals surface area contributed by atoms with Crippen LogP contribution in [-0.2, 0) is 6.42 Å². The highest BCUT2D eigenvalue weighted by atomic mass is 35.5. The molecule has 0 aliphatic heterocycles. The Kier molecular flexibility index (Phi) is 3.90. The van der Waals surface area contributed by atoms with Crippen LogP contribution in [0.4, 0.5) is 0 Å². The molecule has 0 aliphatic rings. The Morgan fingerprint density at radius 2 is 2.00 bits per heavy atom. The molecule has 0 radical (unpaired) electrons. The quantitative estimate of drug-likeness (QED) is 0.734. The number of nitrogens with zero attached hydrogens (tertiary/aromatic N) is 4. The third kappa shape index (κ3) is 2.47. The molecular formula is C17H13ClN4. The molecule has 0 bridgehead atoms. The zero-order chi connectivity index (χ0) is 15.5. The lowest BCUT2D eigenvalue weighted by Gasteiger charge is -2.11. The van der Waals surface area contributed by atoms with E-state index in [0.29, 0.717) is 10.7 Å². The fourth-order valence-electron chi connectivity index (χ4n) is 2.44. The summed E-state index contributed by atoms with van der Waals surface area (Å²) in [4.78, 5) is 0. The molecule has 0 saturated heterocycles. The van der Waals surface area contributed by atoms with Crippen LogP contribution in [0, 0.1) is 11.3 Å². The number of para-hydroxylation sites is 1. The van der Waals surface area contributed by atoms with E-state index >= 15 is 0 Å². The van der Waals surface area contributed by atoms with Gasteiger partial charge in [0.05, 0.1) is 5.69 Å². The van der Waals surface area contributed by atoms with Crippen LogP contribution in [0.3, 0.4) is 0 Å². The fraction of sp³-hybridized carbons (Fsp3) is 0.118. The first-order chi connectivity index (χ1) is 10.7. The second-order valence-corrected chi connectivity index (χ2v) is 5.24. The monoisotopic (exact) mass is 308 g/mol. The van der Waals surface area contributed by atoms with Crippen LogP contribution in [0.2, 0.25) is 5.02 Å². The number of hydrogen-bond acceptors (Lipinski definition) is 3. The van der Waals surface area contributed by atoms with Crippen LogP contribution in [0.25, 0.3) is 16.9 Å². The zero-order valence-corrected chi connectivity index (χ0v) is 12.7. The zero-order valence-electron chi connectivity index (χ0n) is 12.0. The van der Waals surface area contributed by atoms with Crippen LogP contribution in [0.1, 0.15) is 18.2 Å². The van der Waals surface area contributed by atoms with Gasteiger partial charge in [-0.3, -0.25) is 0 Å². The molecule has 4 nitrogen and oxygen atoms in total. The SMILES string of the molecule is CCc1ccccc1-n1nnc(C#N)c1-c1cccc(Cl)c1. The molecule has 1 aromatic heterocycles. The van der Waals surface area contributed by atoms with Crippen molar-refractivity contribution >= 4 is 11.6 Å². The lowest BCUT2D eigenvalue weighted by Crippen LogP contribution is -2.03. The number of nitriles is 1. The second kappa shape index (κ2) is 6.00. The normalized spacial score (nSPS) is 10.4. The second-order valence-electron chi connectivity index (χ2n) is 4.80. The van der Waals surface area contributed by atoms with Crippen molar-refractivity contribution in [3.8, 4) is 23.0 Å². The number of halogens is 1. The Bertz CT molecular complexity index is 861. The summed E-state index contributed by atoms with van der Waals surface area (Å²) in [6.07, 6.45) is 0.868. The van der Waals surface area contributed by atoms with Gasteiger partial charge in [0.1, 0.15) is 11.8 Å². The van der Waals surface area contributed by atoms with E-state index in [1.807, 2.05) is 42.5 Å². The summed E-state index contributed by atoms with van der Waals surface area (Å²) in [6.45, 7) is 2.08. The molecule has 0 unspecified atom stereocenters. The Balaban J connectivity index is 2.27. The maximum atomic E-state index is 9.34. The Morgan fingerprint density at radius 1 is 1.18 bits per heavy atom. The Labute approximate surface area is 133 Å². The summed E-state index contributed by atoms with van der Waals surface area (Å²) in [7, 11) is 0. The molecule has 0 spiro atoms. The van der Waals surface area contributed by atoms with E-state index < -0.39 is 0 Å². The largest absolute Gasteiger partial charge is 0.211 e. The molecular weight excluding hydrogens is 296 g/mol. The third-order valence-corrected chi connectivity index (χ3v) is 3.71. The molecule has 1 heterocycles. The van der Waals surface area contributed by atoms with Crippen LogP contribution >= 0.6 is 11.6 Å². The Morgan fingerprint density at radius 3 is 2.73 bits per heavy atom. The minimum Gasteiger partial charge on any atom is -0.211 e. The maximum absolute atomic E-state index is 9.34. The van der Waals surface area contributed by atoms with Crippen molar-refractivity contribution in [2.45, 2.75) is 13.3 Å². The van der Waals surface area contributed by atoms with Gasteiger partial charge in [-0.1, -0.05) is 54.1 Å². The number of aryl methyl sites for hydroxylation is 1. The predicted molar refractivity (Wildman–Crippen MR) is 85.9 cm³/mol. The highest BCUT2D eigenvalue weighted by Gasteiger charge is 2.17. The summed E-state index contributed by atoms with van der Waals surface area (Å²) in [5, 5.41) is 18.1. The molecule has 0 amide bonds. The van der Waals surface area contributed by atoms with Gasteiger partial charge in [0, 0.05) is 10.6 Å². The van der Waals surface area contributed by atoms with Crippen molar-refractivity contribution < 1.29 is 0 Å². The summed E-state index contributed by atoms with van der Waals surface area (Å²) in [5.41, 5.74) is 3.83. The molecule has 2 aromatic carbocycles. The third-order valence-electron chi connectivity index (χ3n) is 3.47. The summed E-state index contributed by atoms with van der Waals surface area (Å²) in [6, 6.07) is 17.4. The minimum absolute atomic E-state index is 0.285. The number of rotatable bonds is 3. The van der Waals surface area contributed by atoms with E-state index in [0.717, 1.165) is 23.2 Å². The van der Waals surface area contributed by atoms with E-state index in [9.17, 15) is 5.26 Å². The molecule has 108 valence electrons. The first kappa shape index (κ1) is 14.3. The van der Waals surface area contributed by atoms with E-state index in [1.165, 1.54) is 0 Å². The van der Waals surface area contributed by atoms with Crippen molar-refractivity contribution in [2.75, 3.05) is 0 Å². The van der Waals surface area contributed by atoms with Gasteiger partial charge in [-0.15, -0.1) is 5.10 Å². The standard InChI is InChI=1S/C17H13ClN4/c1-2-12-6-3-4-9-16(12)22-17(15(11-19)20-21-22)13-7-5-8-14(18)10-13/h3-10H,2H2,1H3. The molecule has 0 saturated carbocycles. The van der Waals surface area contributed by atoms with Crippen molar-refractivity contribution in [1.29, 1.82) is 5.26 Å². The molecule has 0 aliphatic carbocycles. The van der Waals surface area contributed by atoms with E-state index in [4.69, 9.17) is 11.6 Å². The molecule has 5 heteroatoms. The lowest BCUT2D eigenvalue weighted by molar-refractivity contribution is 0.797. The van der Waals surface area contributed by atoms with Crippen molar-refractivity contribution in [2.24, 2.45) is 0 Å². The van der Waals surface area contributed by atoms with Crippen LogP contribution < -0.4 is 0 Å². The molecule has 0 atom stereocenters. The highest BCUT2D eigenvalue weighted by Crippen LogP contribution is 2.28. The van der Waals surface area contributed by atoms with Crippen molar-refractivity contribution in [3.63, 3.8) is 0 Å². The van der Waals surface area contributed by atoms with Crippen molar-refractivity contribution in [1.82, 2.24) is 15.0 Å². The van der Waals surface area contributed by atoms with Crippen LogP contribution in [0.15, 0.2) is 48.5 Å². The van der Waals surface area contributed by atoms with E-state index in [2.05, 4.69) is 23.3 Å². The van der Waals surface area contributed by atoms with Crippen LogP contribution in [-0.4, -0.2) is 15.0 Å². The fourth-order valence-corrected chi connectivity index (χ4v) is 2.63. The molecule has 0 N–H and O–H groups in total. The van der Waals surface area contributed by atoms with Gasteiger partial charge in [0.2, 0.25) is 0 Å². The summed E-state index contributed by atoms with van der Waals surface area (Å²) < 4.78 is 1.71. The lowest BCUT2D eigenvalue weighted by atomic mass is 10.1. The van der Waals surface area contributed by atoms with Gasteiger partial charge in [0.15, 0.2) is 5.69 Å². The van der Waals surface area contributed by atoms with Gasteiger partial charge in [-0.05, 0) is 30.2 Å². The smallest absolute Gasteiger partial charge is 0.191 e. The molecule has 3 aromatic rings. The number of benzene rings is 2. The van der Waals surface area contributed by atoms with Crippen LogP contribution in [0.5, 0.6) is 0 Å². The van der Waals surface area contributed by atoms with E-state index in [1.54, 1.807) is 10.7 Å². The topological polar surface area (TPSA) is 54.5 Å². The average molecular weight is 309 g/mol. The molecule has 3 rings (SSSR count). The van der Waals surface area contributed by atoms with Gasteiger partial charge < -0.3 is 0 Å². The van der Waals surface area contributed by atoms with E-state index in [-0.39, 0.29) is 5.69 Å².